The average Bonchev–Trinajstić information content (AvgIpc) is 3.05. The van der Waals surface area contributed by atoms with E-state index in [9.17, 15) is 5.26 Å². The number of fused-ring (bicyclic) bond motifs is 5. The summed E-state index contributed by atoms with van der Waals surface area (Å²) in [6, 6.07) is 10.2. The minimum Gasteiger partial charge on any atom is -0.477 e. The molecule has 4 rings (SSSR count). The van der Waals surface area contributed by atoms with Crippen molar-refractivity contribution in [3.8, 4) is 11.9 Å². The summed E-state index contributed by atoms with van der Waals surface area (Å²) in [5.74, 6) is 1.17. The molecule has 3 aromatic heterocycles. The third-order valence-corrected chi connectivity index (χ3v) is 4.53. The summed E-state index contributed by atoms with van der Waals surface area (Å²) >= 11 is 0. The lowest BCUT2D eigenvalue weighted by Crippen LogP contribution is -2.07. The molecule has 0 atom stereocenters. The van der Waals surface area contributed by atoms with Gasteiger partial charge in [0.15, 0.2) is 11.3 Å². The van der Waals surface area contributed by atoms with Crippen LogP contribution in [-0.4, -0.2) is 26.0 Å². The van der Waals surface area contributed by atoms with Gasteiger partial charge in [0.1, 0.15) is 17.5 Å². The second kappa shape index (κ2) is 6.26. The van der Waals surface area contributed by atoms with Crippen LogP contribution in [0, 0.1) is 18.3 Å². The Bertz CT molecular complexity index is 1190. The van der Waals surface area contributed by atoms with Crippen LogP contribution in [0.15, 0.2) is 24.3 Å². The molecule has 0 bridgehead atoms. The maximum Gasteiger partial charge on any atom is 0.234 e. The maximum absolute atomic E-state index is 9.74. The summed E-state index contributed by atoms with van der Waals surface area (Å²) in [5.41, 5.74) is 4.63. The van der Waals surface area contributed by atoms with Crippen LogP contribution in [0.3, 0.4) is 0 Å². The van der Waals surface area contributed by atoms with Crippen LogP contribution in [0.2, 0.25) is 0 Å². The first-order valence-corrected chi connectivity index (χ1v) is 8.82. The number of nitriles is 1. The largest absolute Gasteiger partial charge is 0.477 e. The zero-order valence-corrected chi connectivity index (χ0v) is 15.1. The van der Waals surface area contributed by atoms with Gasteiger partial charge in [-0.3, -0.25) is 4.40 Å². The molecule has 0 fully saturated rings. The van der Waals surface area contributed by atoms with Crippen LogP contribution >= 0.6 is 0 Å². The highest BCUT2D eigenvalue weighted by Gasteiger charge is 2.21. The van der Waals surface area contributed by atoms with E-state index in [2.05, 4.69) is 11.1 Å². The Hall–Kier alpha value is -3.20. The first-order valence-electron chi connectivity index (χ1n) is 8.82. The fourth-order valence-electron chi connectivity index (χ4n) is 3.41. The van der Waals surface area contributed by atoms with E-state index in [0.717, 1.165) is 39.9 Å². The van der Waals surface area contributed by atoms with E-state index < -0.39 is 0 Å². The Morgan fingerprint density at radius 2 is 1.96 bits per heavy atom. The highest BCUT2D eigenvalue weighted by atomic mass is 16.5. The molecular weight excluding hydrogens is 326 g/mol. The summed E-state index contributed by atoms with van der Waals surface area (Å²) in [6.45, 7) is 6.51. The van der Waals surface area contributed by atoms with Gasteiger partial charge in [0.2, 0.25) is 5.88 Å². The molecule has 6 nitrogen and oxygen atoms in total. The van der Waals surface area contributed by atoms with Gasteiger partial charge in [-0.25, -0.2) is 9.97 Å². The van der Waals surface area contributed by atoms with Crippen molar-refractivity contribution in [2.75, 3.05) is 6.61 Å². The third kappa shape index (κ3) is 2.28. The van der Waals surface area contributed by atoms with E-state index in [1.165, 1.54) is 0 Å². The van der Waals surface area contributed by atoms with Crippen LogP contribution in [0.5, 0.6) is 5.88 Å². The number of imidazole rings is 1. The molecule has 0 saturated carbocycles. The average molecular weight is 345 g/mol. The Labute approximate surface area is 151 Å². The van der Waals surface area contributed by atoms with Gasteiger partial charge in [-0.15, -0.1) is 0 Å². The highest BCUT2D eigenvalue weighted by molar-refractivity contribution is 5.98. The van der Waals surface area contributed by atoms with E-state index in [1.54, 1.807) is 0 Å². The normalized spacial score (nSPS) is 11.3. The number of nitrogens with zero attached hydrogens (tertiary/aromatic N) is 5. The summed E-state index contributed by atoms with van der Waals surface area (Å²) in [5, 5.41) is 10.6. The minimum absolute atomic E-state index is 0.367. The number of ether oxygens (including phenoxy) is 1. The smallest absolute Gasteiger partial charge is 0.234 e. The topological polar surface area (TPSA) is 76.1 Å². The summed E-state index contributed by atoms with van der Waals surface area (Å²) in [4.78, 5) is 14.1. The van der Waals surface area contributed by atoms with Crippen molar-refractivity contribution in [3.05, 3.63) is 41.2 Å². The quantitative estimate of drug-likeness (QED) is 0.559. The molecule has 26 heavy (non-hydrogen) atoms. The molecule has 0 amide bonds. The van der Waals surface area contributed by atoms with Crippen LogP contribution in [0.4, 0.5) is 0 Å². The summed E-state index contributed by atoms with van der Waals surface area (Å²) in [6.07, 6.45) is 1.52. The van der Waals surface area contributed by atoms with Crippen LogP contribution in [0.1, 0.15) is 37.2 Å². The lowest BCUT2D eigenvalue weighted by Gasteiger charge is -2.13. The van der Waals surface area contributed by atoms with Crippen molar-refractivity contribution >= 4 is 27.7 Å². The number of hydrogen-bond donors (Lipinski definition) is 0. The molecule has 0 radical (unpaired) electrons. The number of benzene rings is 1. The minimum atomic E-state index is 0.367. The SMILES string of the molecule is CCCOc1nc2nc(C)n3c4ccccc4nc3c2c(CC)c1C#N. The van der Waals surface area contributed by atoms with E-state index in [0.29, 0.717) is 30.1 Å². The molecule has 3 heterocycles. The molecule has 0 saturated heterocycles. The molecule has 0 N–H and O–H groups in total. The maximum atomic E-state index is 9.74. The highest BCUT2D eigenvalue weighted by Crippen LogP contribution is 2.32. The van der Waals surface area contributed by atoms with Gasteiger partial charge in [0.25, 0.3) is 0 Å². The number of para-hydroxylation sites is 2. The van der Waals surface area contributed by atoms with Gasteiger partial charge >= 0.3 is 0 Å². The zero-order valence-electron chi connectivity index (χ0n) is 15.1. The predicted octanol–water partition coefficient (Wildman–Crippen LogP) is 3.96. The van der Waals surface area contributed by atoms with Crippen LogP contribution < -0.4 is 4.74 Å². The number of aryl methyl sites for hydroxylation is 2. The van der Waals surface area contributed by atoms with E-state index in [1.807, 2.05) is 49.4 Å². The zero-order chi connectivity index (χ0) is 18.3. The van der Waals surface area contributed by atoms with E-state index in [4.69, 9.17) is 14.7 Å². The lowest BCUT2D eigenvalue weighted by atomic mass is 10.0. The molecule has 0 aliphatic rings. The van der Waals surface area contributed by atoms with Gasteiger partial charge < -0.3 is 4.74 Å². The van der Waals surface area contributed by atoms with E-state index >= 15 is 0 Å². The molecular formula is C20H19N5O. The predicted molar refractivity (Wildman–Crippen MR) is 100 cm³/mol. The van der Waals surface area contributed by atoms with E-state index in [-0.39, 0.29) is 0 Å². The van der Waals surface area contributed by atoms with Gasteiger partial charge in [-0.05, 0) is 37.5 Å². The molecule has 6 heteroatoms. The van der Waals surface area contributed by atoms with Crippen molar-refractivity contribution in [2.45, 2.75) is 33.6 Å². The first-order chi connectivity index (χ1) is 12.7. The third-order valence-electron chi connectivity index (χ3n) is 4.53. The van der Waals surface area contributed by atoms with Crippen molar-refractivity contribution in [1.29, 1.82) is 5.26 Å². The monoisotopic (exact) mass is 345 g/mol. The number of pyridine rings is 1. The van der Waals surface area contributed by atoms with Gasteiger partial charge in [-0.1, -0.05) is 26.0 Å². The molecule has 4 aromatic rings. The molecule has 0 aliphatic heterocycles. The fraction of sp³-hybridized carbons (Fsp3) is 0.300. The second-order valence-electron chi connectivity index (χ2n) is 6.20. The van der Waals surface area contributed by atoms with Gasteiger partial charge in [0, 0.05) is 0 Å². The Morgan fingerprint density at radius 1 is 1.15 bits per heavy atom. The van der Waals surface area contributed by atoms with Crippen LogP contribution in [0.25, 0.3) is 27.7 Å². The van der Waals surface area contributed by atoms with Gasteiger partial charge in [0.05, 0.1) is 23.0 Å². The summed E-state index contributed by atoms with van der Waals surface area (Å²) in [7, 11) is 0. The van der Waals surface area contributed by atoms with Crippen LogP contribution in [-0.2, 0) is 6.42 Å². The molecule has 0 unspecified atom stereocenters. The molecule has 0 aliphatic carbocycles. The van der Waals surface area contributed by atoms with Crippen molar-refractivity contribution in [3.63, 3.8) is 0 Å². The second-order valence-corrected chi connectivity index (χ2v) is 6.20. The standard InChI is InChI=1S/C20H19N5O/c1-4-10-26-20-14(11-21)13(5-2)17-18(24-20)22-12(3)25-16-9-7-6-8-15(16)23-19(17)25/h6-9H,4-5,10H2,1-3H3. The van der Waals surface area contributed by atoms with Gasteiger partial charge in [-0.2, -0.15) is 10.2 Å². The fourth-order valence-corrected chi connectivity index (χ4v) is 3.41. The Morgan fingerprint density at radius 3 is 2.69 bits per heavy atom. The Kier molecular flexibility index (Phi) is 3.92. The van der Waals surface area contributed by atoms with Crippen molar-refractivity contribution in [1.82, 2.24) is 19.4 Å². The number of hydrogen-bond acceptors (Lipinski definition) is 5. The van der Waals surface area contributed by atoms with Crippen molar-refractivity contribution in [2.24, 2.45) is 0 Å². The number of rotatable bonds is 4. The first kappa shape index (κ1) is 16.3. The van der Waals surface area contributed by atoms with Crippen molar-refractivity contribution < 1.29 is 4.74 Å². The molecule has 1 aromatic carbocycles. The Balaban J connectivity index is 2.18. The summed E-state index contributed by atoms with van der Waals surface area (Å²) < 4.78 is 7.77. The lowest BCUT2D eigenvalue weighted by molar-refractivity contribution is 0.305. The molecule has 130 valence electrons. The molecule has 0 spiro atoms. The number of aromatic nitrogens is 4.